The molecule has 8 heteroatoms. The van der Waals surface area contributed by atoms with E-state index >= 15 is 0 Å². The highest BCUT2D eigenvalue weighted by atomic mass is 16.6. The Kier molecular flexibility index (Phi) is 5.76. The third-order valence-electron chi connectivity index (χ3n) is 4.66. The second-order valence-electron chi connectivity index (χ2n) is 7.88. The number of nitrogens with zero attached hydrogens (tertiary/aromatic N) is 4. The van der Waals surface area contributed by atoms with Gasteiger partial charge in [0, 0.05) is 32.4 Å². The van der Waals surface area contributed by atoms with Crippen LogP contribution in [-0.2, 0) is 16.0 Å². The summed E-state index contributed by atoms with van der Waals surface area (Å²) in [6.07, 6.45) is 3.41. The largest absolute Gasteiger partial charge is 0.444 e. The maximum Gasteiger partial charge on any atom is 0.410 e. The lowest BCUT2D eigenvalue weighted by molar-refractivity contribution is -0.106. The molecule has 1 aliphatic heterocycles. The van der Waals surface area contributed by atoms with Crippen molar-refractivity contribution in [1.29, 1.82) is 0 Å². The SMILES string of the molecule is CCc1nc2ccc(N3CCN(C(=O)OC(C)(C)C)CC3)cn2c1NCC=O. The van der Waals surface area contributed by atoms with Gasteiger partial charge in [-0.25, -0.2) is 9.78 Å². The zero-order valence-electron chi connectivity index (χ0n) is 17.1. The number of carbonyl (C=O) groups is 2. The standard InChI is InChI=1S/C20H29N5O3/c1-5-16-18(21-8-13-26)25-14-15(6-7-17(25)22-16)23-9-11-24(12-10-23)19(27)28-20(2,3)4/h6-7,13-14,21H,5,8-12H2,1-4H3. The van der Waals surface area contributed by atoms with Gasteiger partial charge in [-0.15, -0.1) is 0 Å². The van der Waals surface area contributed by atoms with E-state index in [0.717, 1.165) is 48.6 Å². The van der Waals surface area contributed by atoms with E-state index in [0.29, 0.717) is 13.1 Å². The number of carbonyl (C=O) groups excluding carboxylic acids is 2. The van der Waals surface area contributed by atoms with E-state index in [-0.39, 0.29) is 12.6 Å². The van der Waals surface area contributed by atoms with Crippen LogP contribution < -0.4 is 10.2 Å². The number of anilines is 2. The molecule has 0 radical (unpaired) electrons. The molecule has 3 heterocycles. The van der Waals surface area contributed by atoms with E-state index in [1.807, 2.05) is 44.4 Å². The fourth-order valence-electron chi connectivity index (χ4n) is 3.31. The van der Waals surface area contributed by atoms with Gasteiger partial charge in [0.1, 0.15) is 23.4 Å². The van der Waals surface area contributed by atoms with Crippen molar-refractivity contribution in [2.45, 2.75) is 39.7 Å². The minimum Gasteiger partial charge on any atom is -0.444 e. The number of hydrogen-bond acceptors (Lipinski definition) is 6. The van der Waals surface area contributed by atoms with Crippen molar-refractivity contribution in [2.75, 3.05) is 42.9 Å². The van der Waals surface area contributed by atoms with Crippen LogP contribution in [0.2, 0.25) is 0 Å². The number of aldehydes is 1. The molecule has 1 fully saturated rings. The van der Waals surface area contributed by atoms with Gasteiger partial charge in [-0.1, -0.05) is 6.92 Å². The van der Waals surface area contributed by atoms with Crippen LogP contribution in [0.3, 0.4) is 0 Å². The van der Waals surface area contributed by atoms with Gasteiger partial charge in [0.15, 0.2) is 0 Å². The Morgan fingerprint density at radius 1 is 1.25 bits per heavy atom. The molecule has 28 heavy (non-hydrogen) atoms. The molecule has 1 amide bonds. The fourth-order valence-corrected chi connectivity index (χ4v) is 3.31. The number of rotatable bonds is 5. The summed E-state index contributed by atoms with van der Waals surface area (Å²) in [5, 5.41) is 3.16. The first-order valence-corrected chi connectivity index (χ1v) is 9.73. The Balaban J connectivity index is 1.74. The Morgan fingerprint density at radius 2 is 1.96 bits per heavy atom. The molecule has 0 saturated carbocycles. The van der Waals surface area contributed by atoms with Crippen molar-refractivity contribution in [3.63, 3.8) is 0 Å². The first-order chi connectivity index (χ1) is 13.3. The van der Waals surface area contributed by atoms with Crippen LogP contribution in [-0.4, -0.2) is 65.0 Å². The topological polar surface area (TPSA) is 79.2 Å². The van der Waals surface area contributed by atoms with E-state index in [1.54, 1.807) is 4.90 Å². The predicted molar refractivity (Wildman–Crippen MR) is 109 cm³/mol. The Bertz CT molecular complexity index is 847. The summed E-state index contributed by atoms with van der Waals surface area (Å²) in [6, 6.07) is 4.04. The van der Waals surface area contributed by atoms with Gasteiger partial charge in [0.2, 0.25) is 0 Å². The summed E-state index contributed by atoms with van der Waals surface area (Å²) in [7, 11) is 0. The van der Waals surface area contributed by atoms with Crippen molar-refractivity contribution in [2.24, 2.45) is 0 Å². The van der Waals surface area contributed by atoms with Crippen LogP contribution >= 0.6 is 0 Å². The highest BCUT2D eigenvalue weighted by Gasteiger charge is 2.26. The van der Waals surface area contributed by atoms with Gasteiger partial charge in [0.25, 0.3) is 0 Å². The Hall–Kier alpha value is -2.77. The number of pyridine rings is 1. The summed E-state index contributed by atoms with van der Waals surface area (Å²) >= 11 is 0. The van der Waals surface area contributed by atoms with E-state index in [2.05, 4.69) is 21.3 Å². The fraction of sp³-hybridized carbons (Fsp3) is 0.550. The summed E-state index contributed by atoms with van der Waals surface area (Å²) in [5.74, 6) is 0.860. The lowest BCUT2D eigenvalue weighted by atomic mass is 10.2. The predicted octanol–water partition coefficient (Wildman–Crippen LogP) is 2.56. The van der Waals surface area contributed by atoms with Crippen LogP contribution in [0.25, 0.3) is 5.65 Å². The minimum absolute atomic E-state index is 0.250. The number of fused-ring (bicyclic) bond motifs is 1. The highest BCUT2D eigenvalue weighted by Crippen LogP contribution is 2.24. The molecule has 2 aromatic heterocycles. The average Bonchev–Trinajstić information content (AvgIpc) is 3.02. The van der Waals surface area contributed by atoms with Crippen LogP contribution in [0, 0.1) is 0 Å². The molecule has 2 aromatic rings. The second-order valence-corrected chi connectivity index (χ2v) is 7.88. The minimum atomic E-state index is -0.484. The molecule has 0 unspecified atom stereocenters. The molecular formula is C20H29N5O3. The third kappa shape index (κ3) is 4.37. The smallest absolute Gasteiger partial charge is 0.410 e. The van der Waals surface area contributed by atoms with Gasteiger partial charge in [-0.3, -0.25) is 4.40 Å². The number of imidazole rings is 1. The lowest BCUT2D eigenvalue weighted by Crippen LogP contribution is -2.50. The van der Waals surface area contributed by atoms with Crippen molar-refractivity contribution in [3.05, 3.63) is 24.0 Å². The number of aromatic nitrogens is 2. The molecule has 0 aliphatic carbocycles. The van der Waals surface area contributed by atoms with Crippen molar-refractivity contribution in [1.82, 2.24) is 14.3 Å². The van der Waals surface area contributed by atoms with Gasteiger partial charge >= 0.3 is 6.09 Å². The van der Waals surface area contributed by atoms with Crippen molar-refractivity contribution < 1.29 is 14.3 Å². The number of ether oxygens (including phenoxy) is 1. The molecule has 3 rings (SSSR count). The van der Waals surface area contributed by atoms with Gasteiger partial charge < -0.3 is 24.6 Å². The van der Waals surface area contributed by atoms with E-state index in [4.69, 9.17) is 4.74 Å². The van der Waals surface area contributed by atoms with Crippen LogP contribution in [0.1, 0.15) is 33.4 Å². The highest BCUT2D eigenvalue weighted by molar-refractivity contribution is 5.69. The maximum absolute atomic E-state index is 12.2. The molecule has 152 valence electrons. The van der Waals surface area contributed by atoms with Gasteiger partial charge in [-0.2, -0.15) is 0 Å². The molecule has 1 aliphatic rings. The quantitative estimate of drug-likeness (QED) is 0.795. The third-order valence-corrected chi connectivity index (χ3v) is 4.66. The first kappa shape index (κ1) is 20.0. The number of amides is 1. The Morgan fingerprint density at radius 3 is 2.57 bits per heavy atom. The molecule has 0 atom stereocenters. The molecule has 8 nitrogen and oxygen atoms in total. The summed E-state index contributed by atoms with van der Waals surface area (Å²) in [6.45, 7) is 10.6. The monoisotopic (exact) mass is 387 g/mol. The number of aryl methyl sites for hydroxylation is 1. The van der Waals surface area contributed by atoms with Crippen molar-refractivity contribution >= 4 is 29.5 Å². The van der Waals surface area contributed by atoms with E-state index < -0.39 is 5.60 Å². The molecule has 0 bridgehead atoms. The van der Waals surface area contributed by atoms with Crippen molar-refractivity contribution in [3.8, 4) is 0 Å². The second kappa shape index (κ2) is 8.08. The van der Waals surface area contributed by atoms with Crippen LogP contribution in [0.15, 0.2) is 18.3 Å². The van der Waals surface area contributed by atoms with Crippen LogP contribution in [0.5, 0.6) is 0 Å². The summed E-state index contributed by atoms with van der Waals surface area (Å²) in [4.78, 5) is 31.7. The molecule has 1 N–H and O–H groups in total. The normalized spacial score (nSPS) is 15.0. The van der Waals surface area contributed by atoms with E-state index in [9.17, 15) is 9.59 Å². The summed E-state index contributed by atoms with van der Waals surface area (Å²) < 4.78 is 7.46. The average molecular weight is 387 g/mol. The molecule has 1 saturated heterocycles. The zero-order chi connectivity index (χ0) is 20.3. The lowest BCUT2D eigenvalue weighted by Gasteiger charge is -2.36. The first-order valence-electron chi connectivity index (χ1n) is 9.73. The number of hydrogen-bond donors (Lipinski definition) is 1. The van der Waals surface area contributed by atoms with Crippen LogP contribution in [0.4, 0.5) is 16.3 Å². The number of nitrogens with one attached hydrogen (secondary N) is 1. The molecular weight excluding hydrogens is 358 g/mol. The molecule has 0 aromatic carbocycles. The molecule has 0 spiro atoms. The Labute approximate surface area is 165 Å². The maximum atomic E-state index is 12.2. The van der Waals surface area contributed by atoms with Gasteiger partial charge in [-0.05, 0) is 39.3 Å². The summed E-state index contributed by atoms with van der Waals surface area (Å²) in [5.41, 5.74) is 2.36. The number of piperazine rings is 1. The zero-order valence-corrected chi connectivity index (χ0v) is 17.1. The van der Waals surface area contributed by atoms with E-state index in [1.165, 1.54) is 0 Å². The van der Waals surface area contributed by atoms with Gasteiger partial charge in [0.05, 0.1) is 17.9 Å².